The number of nitrogens with zero attached hydrogens (tertiary/aromatic N) is 2. The van der Waals surface area contributed by atoms with Gasteiger partial charge in [0.25, 0.3) is 5.91 Å². The number of fused-ring (bicyclic) bond motifs is 1. The molecule has 2 heterocycles. The van der Waals surface area contributed by atoms with E-state index in [2.05, 4.69) is 25.1 Å². The summed E-state index contributed by atoms with van der Waals surface area (Å²) >= 11 is 1.78. The molecule has 5 nitrogen and oxygen atoms in total. The van der Waals surface area contributed by atoms with E-state index >= 15 is 0 Å². The minimum absolute atomic E-state index is 0.0520. The van der Waals surface area contributed by atoms with Crippen LogP contribution in [0.15, 0.2) is 42.5 Å². The van der Waals surface area contributed by atoms with Gasteiger partial charge in [-0.2, -0.15) is 0 Å². The monoisotopic (exact) mass is 424 g/mol. The highest BCUT2D eigenvalue weighted by Gasteiger charge is 2.27. The van der Waals surface area contributed by atoms with Gasteiger partial charge in [-0.05, 0) is 49.6 Å². The average molecular weight is 425 g/mol. The quantitative estimate of drug-likeness (QED) is 0.470. The molecule has 1 fully saturated rings. The second-order valence-corrected chi connectivity index (χ2v) is 8.72. The first kappa shape index (κ1) is 20.7. The van der Waals surface area contributed by atoms with Gasteiger partial charge in [-0.15, -0.1) is 11.3 Å². The van der Waals surface area contributed by atoms with Crippen LogP contribution in [0.3, 0.4) is 0 Å². The molecular weight excluding hydrogens is 396 g/mol. The fraction of sp³-hybridized carbons (Fsp3) is 0.417. The van der Waals surface area contributed by atoms with Gasteiger partial charge in [-0.1, -0.05) is 25.5 Å². The SMILES string of the molecule is CCCCOc1ccc(C(=O)N2CCC(c3nc4ccccc4s3)CC2)cc1OC. The molecule has 6 heteroatoms. The van der Waals surface area contributed by atoms with Crippen LogP contribution >= 0.6 is 11.3 Å². The third-order valence-electron chi connectivity index (χ3n) is 5.61. The minimum Gasteiger partial charge on any atom is -0.493 e. The van der Waals surface area contributed by atoms with Crippen molar-refractivity contribution >= 4 is 27.5 Å². The lowest BCUT2D eigenvalue weighted by molar-refractivity contribution is 0.0712. The molecular formula is C24H28N2O3S. The number of piperidine rings is 1. The number of para-hydroxylation sites is 1. The smallest absolute Gasteiger partial charge is 0.253 e. The normalized spacial score (nSPS) is 14.8. The largest absolute Gasteiger partial charge is 0.493 e. The highest BCUT2D eigenvalue weighted by atomic mass is 32.1. The molecule has 2 aromatic carbocycles. The van der Waals surface area contributed by atoms with Gasteiger partial charge in [-0.3, -0.25) is 4.79 Å². The maximum Gasteiger partial charge on any atom is 0.253 e. The van der Waals surface area contributed by atoms with Gasteiger partial charge in [0.05, 0.1) is 28.9 Å². The van der Waals surface area contributed by atoms with E-state index in [1.54, 1.807) is 24.5 Å². The Kier molecular flexibility index (Phi) is 6.53. The molecule has 1 aliphatic rings. The Morgan fingerprint density at radius 3 is 2.70 bits per heavy atom. The molecule has 1 aliphatic heterocycles. The molecule has 3 aromatic rings. The molecule has 0 radical (unpaired) electrons. The highest BCUT2D eigenvalue weighted by molar-refractivity contribution is 7.18. The van der Waals surface area contributed by atoms with E-state index in [4.69, 9.17) is 14.5 Å². The lowest BCUT2D eigenvalue weighted by atomic mass is 9.97. The summed E-state index contributed by atoms with van der Waals surface area (Å²) in [6.45, 7) is 4.27. The number of hydrogen-bond acceptors (Lipinski definition) is 5. The zero-order chi connectivity index (χ0) is 20.9. The minimum atomic E-state index is 0.0520. The second-order valence-electron chi connectivity index (χ2n) is 7.65. The van der Waals surface area contributed by atoms with Crippen molar-refractivity contribution in [3.63, 3.8) is 0 Å². The van der Waals surface area contributed by atoms with Crippen molar-refractivity contribution < 1.29 is 14.3 Å². The number of likely N-dealkylation sites (tertiary alicyclic amines) is 1. The van der Waals surface area contributed by atoms with E-state index in [-0.39, 0.29) is 5.91 Å². The number of unbranched alkanes of at least 4 members (excludes halogenated alkanes) is 1. The molecule has 1 aromatic heterocycles. The fourth-order valence-electron chi connectivity index (χ4n) is 3.82. The van der Waals surface area contributed by atoms with Gasteiger partial charge in [-0.25, -0.2) is 4.98 Å². The molecule has 4 rings (SSSR count). The van der Waals surface area contributed by atoms with Crippen LogP contribution in [0.25, 0.3) is 10.2 Å². The molecule has 0 unspecified atom stereocenters. The first-order chi connectivity index (χ1) is 14.7. The topological polar surface area (TPSA) is 51.7 Å². The Morgan fingerprint density at radius 2 is 1.97 bits per heavy atom. The molecule has 0 aliphatic carbocycles. The Labute approximate surface area is 181 Å². The van der Waals surface area contributed by atoms with E-state index < -0.39 is 0 Å². The number of carbonyl (C=O) groups is 1. The summed E-state index contributed by atoms with van der Waals surface area (Å²) in [5.74, 6) is 1.78. The first-order valence-electron chi connectivity index (χ1n) is 10.6. The third-order valence-corrected chi connectivity index (χ3v) is 6.81. The molecule has 0 bridgehead atoms. The van der Waals surface area contributed by atoms with Crippen molar-refractivity contribution in [1.82, 2.24) is 9.88 Å². The van der Waals surface area contributed by atoms with E-state index in [1.165, 1.54) is 9.71 Å². The summed E-state index contributed by atoms with van der Waals surface area (Å²) in [4.78, 5) is 19.8. The number of thiazole rings is 1. The zero-order valence-corrected chi connectivity index (χ0v) is 18.4. The van der Waals surface area contributed by atoms with Crippen LogP contribution < -0.4 is 9.47 Å². The van der Waals surface area contributed by atoms with Crippen molar-refractivity contribution in [3.8, 4) is 11.5 Å². The second kappa shape index (κ2) is 9.47. The van der Waals surface area contributed by atoms with E-state index in [0.29, 0.717) is 29.6 Å². The van der Waals surface area contributed by atoms with Gasteiger partial charge in [0.2, 0.25) is 0 Å². The maximum atomic E-state index is 13.0. The molecule has 158 valence electrons. The van der Waals surface area contributed by atoms with Crippen molar-refractivity contribution in [2.75, 3.05) is 26.8 Å². The van der Waals surface area contributed by atoms with Crippen LogP contribution in [0.4, 0.5) is 0 Å². The van der Waals surface area contributed by atoms with E-state index in [1.807, 2.05) is 23.1 Å². The van der Waals surface area contributed by atoms with Crippen LogP contribution in [0.1, 0.15) is 53.9 Å². The summed E-state index contributed by atoms with van der Waals surface area (Å²) in [7, 11) is 1.61. The zero-order valence-electron chi connectivity index (χ0n) is 17.6. The summed E-state index contributed by atoms with van der Waals surface area (Å²) in [6, 6.07) is 13.8. The van der Waals surface area contributed by atoms with E-state index in [0.717, 1.165) is 44.3 Å². The van der Waals surface area contributed by atoms with Crippen molar-refractivity contribution in [3.05, 3.63) is 53.0 Å². The summed E-state index contributed by atoms with van der Waals surface area (Å²) in [5, 5.41) is 1.19. The van der Waals surface area contributed by atoms with Gasteiger partial charge >= 0.3 is 0 Å². The average Bonchev–Trinajstić information content (AvgIpc) is 3.23. The first-order valence-corrected chi connectivity index (χ1v) is 11.5. The molecule has 0 N–H and O–H groups in total. The van der Waals surface area contributed by atoms with Crippen LogP contribution in [-0.2, 0) is 0 Å². The number of carbonyl (C=O) groups excluding carboxylic acids is 1. The number of ether oxygens (including phenoxy) is 2. The summed E-state index contributed by atoms with van der Waals surface area (Å²) in [6.07, 6.45) is 3.96. The van der Waals surface area contributed by atoms with Gasteiger partial charge in [0.1, 0.15) is 0 Å². The molecule has 30 heavy (non-hydrogen) atoms. The summed E-state index contributed by atoms with van der Waals surface area (Å²) in [5.41, 5.74) is 1.72. The van der Waals surface area contributed by atoms with Crippen LogP contribution in [-0.4, -0.2) is 42.6 Å². The Morgan fingerprint density at radius 1 is 1.17 bits per heavy atom. The Balaban J connectivity index is 1.40. The van der Waals surface area contributed by atoms with Crippen LogP contribution in [0, 0.1) is 0 Å². The number of amides is 1. The predicted octanol–water partition coefficient (Wildman–Crippen LogP) is 5.50. The summed E-state index contributed by atoms with van der Waals surface area (Å²) < 4.78 is 12.5. The van der Waals surface area contributed by atoms with E-state index in [9.17, 15) is 4.79 Å². The molecule has 0 atom stereocenters. The molecule has 1 saturated heterocycles. The number of hydrogen-bond donors (Lipinski definition) is 0. The van der Waals surface area contributed by atoms with Gasteiger partial charge in [0.15, 0.2) is 11.5 Å². The number of methoxy groups -OCH3 is 1. The fourth-order valence-corrected chi connectivity index (χ4v) is 4.96. The van der Waals surface area contributed by atoms with Crippen LogP contribution in [0.5, 0.6) is 11.5 Å². The lowest BCUT2D eigenvalue weighted by Crippen LogP contribution is -2.37. The predicted molar refractivity (Wildman–Crippen MR) is 121 cm³/mol. The lowest BCUT2D eigenvalue weighted by Gasteiger charge is -2.31. The van der Waals surface area contributed by atoms with Crippen molar-refractivity contribution in [2.45, 2.75) is 38.5 Å². The number of rotatable bonds is 7. The molecule has 0 spiro atoms. The number of aromatic nitrogens is 1. The van der Waals surface area contributed by atoms with Crippen LogP contribution in [0.2, 0.25) is 0 Å². The van der Waals surface area contributed by atoms with Crippen molar-refractivity contribution in [1.29, 1.82) is 0 Å². The van der Waals surface area contributed by atoms with Gasteiger partial charge in [0, 0.05) is 24.6 Å². The Hall–Kier alpha value is -2.60. The maximum absolute atomic E-state index is 13.0. The number of benzene rings is 2. The van der Waals surface area contributed by atoms with Gasteiger partial charge < -0.3 is 14.4 Å². The molecule has 0 saturated carbocycles. The molecule has 1 amide bonds. The van der Waals surface area contributed by atoms with Crippen molar-refractivity contribution in [2.24, 2.45) is 0 Å². The standard InChI is InChI=1S/C24H28N2O3S/c1-3-4-15-29-20-10-9-18(16-21(20)28-2)24(27)26-13-11-17(12-14-26)23-25-19-7-5-6-8-22(19)30-23/h5-10,16-17H,3-4,11-15H2,1-2H3. The highest BCUT2D eigenvalue weighted by Crippen LogP contribution is 2.35. The third kappa shape index (κ3) is 4.43. The Bertz CT molecular complexity index is 976.